The Hall–Kier alpha value is -0.380. The van der Waals surface area contributed by atoms with E-state index in [2.05, 4.69) is 16.6 Å². The minimum atomic E-state index is 0.564. The lowest BCUT2D eigenvalue weighted by Crippen LogP contribution is -2.31. The minimum absolute atomic E-state index is 0.564. The van der Waals surface area contributed by atoms with E-state index in [4.69, 9.17) is 5.73 Å². The molecule has 0 aromatic heterocycles. The zero-order valence-electron chi connectivity index (χ0n) is 7.26. The van der Waals surface area contributed by atoms with Crippen molar-refractivity contribution in [1.29, 1.82) is 0 Å². The minimum Gasteiger partial charge on any atom is -0.370 e. The standard InChI is InChI=1S/C7H17N3S/c1-3-9-7(8)10-5-4-6-11-2/h3-6H2,1-2H3,(H3,8,9,10). The fourth-order valence-corrected chi connectivity index (χ4v) is 1.06. The number of nitrogens with two attached hydrogens (primary N) is 1. The molecule has 0 atom stereocenters. The molecule has 3 nitrogen and oxygen atoms in total. The van der Waals surface area contributed by atoms with Crippen molar-refractivity contribution in [3.8, 4) is 0 Å². The fraction of sp³-hybridized carbons (Fsp3) is 0.857. The summed E-state index contributed by atoms with van der Waals surface area (Å²) in [7, 11) is 0. The maximum Gasteiger partial charge on any atom is 0.188 e. The monoisotopic (exact) mass is 175 g/mol. The molecule has 0 saturated heterocycles. The van der Waals surface area contributed by atoms with Crippen LogP contribution in [0.2, 0.25) is 0 Å². The molecule has 0 aliphatic heterocycles. The van der Waals surface area contributed by atoms with Crippen LogP contribution in [-0.2, 0) is 0 Å². The summed E-state index contributed by atoms with van der Waals surface area (Å²) in [6.07, 6.45) is 3.20. The van der Waals surface area contributed by atoms with Crippen molar-refractivity contribution in [3.63, 3.8) is 0 Å². The van der Waals surface area contributed by atoms with Crippen LogP contribution in [0.5, 0.6) is 0 Å². The molecule has 0 unspecified atom stereocenters. The van der Waals surface area contributed by atoms with Gasteiger partial charge in [0.15, 0.2) is 5.96 Å². The van der Waals surface area contributed by atoms with Crippen LogP contribution in [0, 0.1) is 0 Å². The molecule has 4 heteroatoms. The first kappa shape index (κ1) is 10.6. The summed E-state index contributed by atoms with van der Waals surface area (Å²) in [5.74, 6) is 1.72. The number of guanidine groups is 1. The Morgan fingerprint density at radius 3 is 2.91 bits per heavy atom. The van der Waals surface area contributed by atoms with Gasteiger partial charge in [-0.2, -0.15) is 11.8 Å². The molecular formula is C7H17N3S. The first-order valence-electron chi connectivity index (χ1n) is 3.84. The average molecular weight is 175 g/mol. The van der Waals surface area contributed by atoms with Gasteiger partial charge in [-0.25, -0.2) is 0 Å². The number of aliphatic imine (C=N–C) groups is 1. The Kier molecular flexibility index (Phi) is 7.46. The second kappa shape index (κ2) is 7.72. The van der Waals surface area contributed by atoms with Crippen molar-refractivity contribution in [1.82, 2.24) is 5.32 Å². The molecule has 11 heavy (non-hydrogen) atoms. The predicted molar refractivity (Wildman–Crippen MR) is 53.2 cm³/mol. The van der Waals surface area contributed by atoms with Gasteiger partial charge in [-0.1, -0.05) is 0 Å². The van der Waals surface area contributed by atoms with Crippen LogP contribution in [0.15, 0.2) is 4.99 Å². The highest BCUT2D eigenvalue weighted by Gasteiger charge is 1.86. The molecule has 0 bridgehead atoms. The molecule has 0 heterocycles. The van der Waals surface area contributed by atoms with Crippen LogP contribution >= 0.6 is 11.8 Å². The van der Waals surface area contributed by atoms with Gasteiger partial charge in [0.2, 0.25) is 0 Å². The zero-order valence-corrected chi connectivity index (χ0v) is 8.08. The van der Waals surface area contributed by atoms with E-state index in [0.717, 1.165) is 25.3 Å². The summed E-state index contributed by atoms with van der Waals surface area (Å²) in [6, 6.07) is 0. The number of thioether (sulfide) groups is 1. The summed E-state index contributed by atoms with van der Waals surface area (Å²) >= 11 is 1.84. The lowest BCUT2D eigenvalue weighted by molar-refractivity contribution is 0.895. The van der Waals surface area contributed by atoms with E-state index in [-0.39, 0.29) is 0 Å². The van der Waals surface area contributed by atoms with Gasteiger partial charge in [0, 0.05) is 13.1 Å². The molecule has 0 aromatic rings. The number of rotatable bonds is 5. The maximum absolute atomic E-state index is 5.50. The Bertz CT molecular complexity index is 114. The lowest BCUT2D eigenvalue weighted by Gasteiger charge is -2.00. The molecule has 0 rings (SSSR count). The van der Waals surface area contributed by atoms with E-state index in [0.29, 0.717) is 5.96 Å². The number of nitrogens with one attached hydrogen (secondary N) is 1. The van der Waals surface area contributed by atoms with Crippen molar-refractivity contribution in [2.24, 2.45) is 10.7 Å². The van der Waals surface area contributed by atoms with E-state index in [1.54, 1.807) is 0 Å². The second-order valence-electron chi connectivity index (χ2n) is 2.14. The molecule has 0 radical (unpaired) electrons. The van der Waals surface area contributed by atoms with E-state index >= 15 is 0 Å². The SMILES string of the molecule is CCNC(N)=NCCCSC. The van der Waals surface area contributed by atoms with Gasteiger partial charge in [0.1, 0.15) is 0 Å². The van der Waals surface area contributed by atoms with Gasteiger partial charge < -0.3 is 11.1 Å². The fourth-order valence-electron chi connectivity index (χ4n) is 0.645. The van der Waals surface area contributed by atoms with Crippen molar-refractivity contribution >= 4 is 17.7 Å². The second-order valence-corrected chi connectivity index (χ2v) is 3.13. The van der Waals surface area contributed by atoms with Crippen LogP contribution < -0.4 is 11.1 Å². The smallest absolute Gasteiger partial charge is 0.188 e. The van der Waals surface area contributed by atoms with Crippen molar-refractivity contribution in [2.75, 3.05) is 25.1 Å². The zero-order chi connectivity index (χ0) is 8.53. The van der Waals surface area contributed by atoms with E-state index in [9.17, 15) is 0 Å². The highest BCUT2D eigenvalue weighted by molar-refractivity contribution is 7.98. The van der Waals surface area contributed by atoms with Crippen molar-refractivity contribution in [3.05, 3.63) is 0 Å². The number of nitrogens with zero attached hydrogens (tertiary/aromatic N) is 1. The summed E-state index contributed by atoms with van der Waals surface area (Å²) in [6.45, 7) is 3.68. The molecule has 66 valence electrons. The van der Waals surface area contributed by atoms with Crippen molar-refractivity contribution in [2.45, 2.75) is 13.3 Å². The normalized spacial score (nSPS) is 11.6. The first-order valence-corrected chi connectivity index (χ1v) is 5.23. The lowest BCUT2D eigenvalue weighted by atomic mass is 10.5. The molecule has 0 aromatic carbocycles. The molecule has 0 spiro atoms. The van der Waals surface area contributed by atoms with Crippen LogP contribution in [0.25, 0.3) is 0 Å². The first-order chi connectivity index (χ1) is 5.31. The Balaban J connectivity index is 3.24. The average Bonchev–Trinajstić information content (AvgIpc) is 1.99. The maximum atomic E-state index is 5.50. The molecule has 0 aliphatic rings. The largest absolute Gasteiger partial charge is 0.370 e. The highest BCUT2D eigenvalue weighted by atomic mass is 32.2. The van der Waals surface area contributed by atoms with Gasteiger partial charge in [-0.15, -0.1) is 0 Å². The predicted octanol–water partition coefficient (Wildman–Crippen LogP) is 0.664. The van der Waals surface area contributed by atoms with Gasteiger partial charge in [0.05, 0.1) is 0 Å². The third-order valence-electron chi connectivity index (χ3n) is 1.15. The summed E-state index contributed by atoms with van der Waals surface area (Å²) < 4.78 is 0. The molecule has 0 aliphatic carbocycles. The third kappa shape index (κ3) is 7.52. The van der Waals surface area contributed by atoms with Gasteiger partial charge >= 0.3 is 0 Å². The van der Waals surface area contributed by atoms with Crippen LogP contribution in [0.4, 0.5) is 0 Å². The van der Waals surface area contributed by atoms with Crippen molar-refractivity contribution < 1.29 is 0 Å². The molecular weight excluding hydrogens is 158 g/mol. The third-order valence-corrected chi connectivity index (χ3v) is 1.84. The number of hydrogen-bond donors (Lipinski definition) is 2. The highest BCUT2D eigenvalue weighted by Crippen LogP contribution is 1.94. The van der Waals surface area contributed by atoms with Gasteiger partial charge in [-0.05, 0) is 25.4 Å². The quantitative estimate of drug-likeness (QED) is 0.367. The Morgan fingerprint density at radius 1 is 1.64 bits per heavy atom. The van der Waals surface area contributed by atoms with Crippen LogP contribution in [0.3, 0.4) is 0 Å². The molecule has 3 N–H and O–H groups in total. The molecule has 0 amide bonds. The number of hydrogen-bond acceptors (Lipinski definition) is 2. The Morgan fingerprint density at radius 2 is 2.36 bits per heavy atom. The molecule has 0 fully saturated rings. The van der Waals surface area contributed by atoms with Crippen LogP contribution in [0.1, 0.15) is 13.3 Å². The summed E-state index contributed by atoms with van der Waals surface area (Å²) in [4.78, 5) is 4.12. The van der Waals surface area contributed by atoms with E-state index < -0.39 is 0 Å². The van der Waals surface area contributed by atoms with E-state index in [1.807, 2.05) is 18.7 Å². The topological polar surface area (TPSA) is 50.4 Å². The molecule has 0 saturated carbocycles. The van der Waals surface area contributed by atoms with E-state index in [1.165, 1.54) is 0 Å². The summed E-state index contributed by atoms with van der Waals surface area (Å²) in [5.41, 5.74) is 5.50. The van der Waals surface area contributed by atoms with Crippen LogP contribution in [-0.4, -0.2) is 31.1 Å². The Labute approximate surface area is 72.8 Å². The summed E-state index contributed by atoms with van der Waals surface area (Å²) in [5, 5.41) is 2.94. The van der Waals surface area contributed by atoms with Gasteiger partial charge in [0.25, 0.3) is 0 Å². The van der Waals surface area contributed by atoms with Gasteiger partial charge in [-0.3, -0.25) is 4.99 Å².